The molecule has 0 unspecified atom stereocenters. The summed E-state index contributed by atoms with van der Waals surface area (Å²) < 4.78 is 0. The van der Waals surface area contributed by atoms with Gasteiger partial charge in [0.2, 0.25) is 0 Å². The van der Waals surface area contributed by atoms with Crippen molar-refractivity contribution < 1.29 is 24.6 Å². The molecule has 0 saturated carbocycles. The third kappa shape index (κ3) is 8.87. The average molecular weight is 274 g/mol. The highest BCUT2D eigenvalue weighted by Crippen LogP contribution is 2.04. The molecule has 7 heteroatoms. The van der Waals surface area contributed by atoms with E-state index in [0.29, 0.717) is 5.92 Å². The summed E-state index contributed by atoms with van der Waals surface area (Å²) in [5.74, 6) is -1.92. The molecule has 0 fully saturated rings. The van der Waals surface area contributed by atoms with E-state index in [1.54, 1.807) is 0 Å². The van der Waals surface area contributed by atoms with Crippen LogP contribution in [-0.4, -0.2) is 40.3 Å². The second-order valence-electron chi connectivity index (χ2n) is 4.97. The number of aliphatic carboxylic acids is 2. The summed E-state index contributed by atoms with van der Waals surface area (Å²) in [6, 6.07) is -1.86. The summed E-state index contributed by atoms with van der Waals surface area (Å²) in [5.41, 5.74) is 0. The zero-order chi connectivity index (χ0) is 15.0. The lowest BCUT2D eigenvalue weighted by Crippen LogP contribution is -2.48. The zero-order valence-electron chi connectivity index (χ0n) is 11.5. The summed E-state index contributed by atoms with van der Waals surface area (Å²) in [7, 11) is 0. The van der Waals surface area contributed by atoms with Gasteiger partial charge in [-0.1, -0.05) is 13.8 Å². The molecular formula is C12H22N2O5. The highest BCUT2D eigenvalue weighted by molar-refractivity contribution is 5.83. The Balaban J connectivity index is 4.23. The molecule has 2 amide bonds. The van der Waals surface area contributed by atoms with Gasteiger partial charge in [-0.25, -0.2) is 9.59 Å². The molecule has 0 bridgehead atoms. The van der Waals surface area contributed by atoms with Gasteiger partial charge in [0.05, 0.1) is 0 Å². The molecule has 7 nitrogen and oxygen atoms in total. The Labute approximate surface area is 112 Å². The maximum atomic E-state index is 11.6. The Hall–Kier alpha value is -1.79. The van der Waals surface area contributed by atoms with E-state index in [2.05, 4.69) is 10.6 Å². The zero-order valence-corrected chi connectivity index (χ0v) is 11.5. The quantitative estimate of drug-likeness (QED) is 0.527. The number of carbonyl (C=O) groups excluding carboxylic acids is 1. The Morgan fingerprint density at radius 2 is 1.63 bits per heavy atom. The van der Waals surface area contributed by atoms with Crippen LogP contribution < -0.4 is 10.6 Å². The Kier molecular flexibility index (Phi) is 7.55. The number of amides is 2. The van der Waals surface area contributed by atoms with Gasteiger partial charge >= 0.3 is 18.0 Å². The first kappa shape index (κ1) is 17.2. The molecule has 0 aromatic carbocycles. The molecule has 0 heterocycles. The van der Waals surface area contributed by atoms with Gasteiger partial charge in [0.1, 0.15) is 6.04 Å². The summed E-state index contributed by atoms with van der Waals surface area (Å²) >= 11 is 0. The standard InChI is InChI=1S/C12H22N2O5/c1-7(2)6-8(3)13-12(19)14-9(11(17)18)4-5-10(15)16/h7-9H,4-6H2,1-3H3,(H,15,16)(H,17,18)(H2,13,14,19)/t8-,9+/m1/s1. The largest absolute Gasteiger partial charge is 0.481 e. The van der Waals surface area contributed by atoms with Crippen LogP contribution in [0.25, 0.3) is 0 Å². The van der Waals surface area contributed by atoms with Crippen LogP contribution in [0.5, 0.6) is 0 Å². The summed E-state index contributed by atoms with van der Waals surface area (Å²) in [5, 5.41) is 22.3. The SMILES string of the molecule is CC(C)C[C@@H](C)NC(=O)N[C@@H](CCC(=O)O)C(=O)O. The van der Waals surface area contributed by atoms with Crippen molar-refractivity contribution in [2.75, 3.05) is 0 Å². The lowest BCUT2D eigenvalue weighted by molar-refractivity contribution is -0.140. The Bertz CT molecular complexity index is 330. The monoisotopic (exact) mass is 274 g/mol. The van der Waals surface area contributed by atoms with Crippen molar-refractivity contribution in [3.05, 3.63) is 0 Å². The fraction of sp³-hybridized carbons (Fsp3) is 0.750. The van der Waals surface area contributed by atoms with Crippen LogP contribution in [0.2, 0.25) is 0 Å². The second-order valence-corrected chi connectivity index (χ2v) is 4.97. The van der Waals surface area contributed by atoms with Crippen LogP contribution in [0.3, 0.4) is 0 Å². The van der Waals surface area contributed by atoms with Crippen molar-refractivity contribution in [1.29, 1.82) is 0 Å². The number of carboxylic acids is 2. The van der Waals surface area contributed by atoms with E-state index < -0.39 is 24.0 Å². The summed E-state index contributed by atoms with van der Waals surface area (Å²) in [6.07, 6.45) is 0.329. The molecule has 0 saturated heterocycles. The van der Waals surface area contributed by atoms with E-state index in [9.17, 15) is 14.4 Å². The van der Waals surface area contributed by atoms with Gasteiger partial charge in [-0.2, -0.15) is 0 Å². The molecule has 0 spiro atoms. The first-order valence-electron chi connectivity index (χ1n) is 6.24. The van der Waals surface area contributed by atoms with Crippen molar-refractivity contribution in [2.45, 2.75) is 52.1 Å². The molecule has 0 aliphatic heterocycles. The van der Waals surface area contributed by atoms with Gasteiger partial charge in [0, 0.05) is 12.5 Å². The minimum Gasteiger partial charge on any atom is -0.481 e. The van der Waals surface area contributed by atoms with E-state index in [1.165, 1.54) is 0 Å². The van der Waals surface area contributed by atoms with Gasteiger partial charge in [-0.15, -0.1) is 0 Å². The maximum Gasteiger partial charge on any atom is 0.326 e. The van der Waals surface area contributed by atoms with Gasteiger partial charge in [-0.3, -0.25) is 4.79 Å². The first-order valence-corrected chi connectivity index (χ1v) is 6.24. The molecule has 2 atom stereocenters. The molecule has 0 rings (SSSR count). The first-order chi connectivity index (χ1) is 8.72. The molecular weight excluding hydrogens is 252 g/mol. The van der Waals surface area contributed by atoms with Crippen molar-refractivity contribution in [3.63, 3.8) is 0 Å². The number of carbonyl (C=O) groups is 3. The van der Waals surface area contributed by atoms with Crippen LogP contribution in [-0.2, 0) is 9.59 Å². The fourth-order valence-electron chi connectivity index (χ4n) is 1.71. The van der Waals surface area contributed by atoms with Crippen molar-refractivity contribution >= 4 is 18.0 Å². The Morgan fingerprint density at radius 1 is 1.05 bits per heavy atom. The molecule has 4 N–H and O–H groups in total. The normalized spacial score (nSPS) is 13.7. The third-order valence-electron chi connectivity index (χ3n) is 2.45. The molecule has 19 heavy (non-hydrogen) atoms. The van der Waals surface area contributed by atoms with E-state index in [-0.39, 0.29) is 18.9 Å². The van der Waals surface area contributed by atoms with Gasteiger partial charge < -0.3 is 20.8 Å². The van der Waals surface area contributed by atoms with E-state index in [1.807, 2.05) is 20.8 Å². The lowest BCUT2D eigenvalue weighted by atomic mass is 10.1. The van der Waals surface area contributed by atoms with E-state index in [0.717, 1.165) is 6.42 Å². The van der Waals surface area contributed by atoms with Gasteiger partial charge in [0.15, 0.2) is 0 Å². The van der Waals surface area contributed by atoms with Crippen LogP contribution in [0.4, 0.5) is 4.79 Å². The van der Waals surface area contributed by atoms with Crippen LogP contribution in [0, 0.1) is 5.92 Å². The van der Waals surface area contributed by atoms with Crippen molar-refractivity contribution in [1.82, 2.24) is 10.6 Å². The highest BCUT2D eigenvalue weighted by Gasteiger charge is 2.21. The molecule has 0 aliphatic carbocycles. The second kappa shape index (κ2) is 8.34. The molecule has 0 aliphatic rings. The van der Waals surface area contributed by atoms with Crippen LogP contribution in [0.1, 0.15) is 40.0 Å². The maximum absolute atomic E-state index is 11.6. The van der Waals surface area contributed by atoms with Gasteiger partial charge in [0.25, 0.3) is 0 Å². The Morgan fingerprint density at radius 3 is 2.05 bits per heavy atom. The highest BCUT2D eigenvalue weighted by atomic mass is 16.4. The molecule has 110 valence electrons. The average Bonchev–Trinajstić information content (AvgIpc) is 2.21. The van der Waals surface area contributed by atoms with E-state index >= 15 is 0 Å². The van der Waals surface area contributed by atoms with Crippen molar-refractivity contribution in [2.24, 2.45) is 5.92 Å². The number of hydrogen-bond donors (Lipinski definition) is 4. The number of hydrogen-bond acceptors (Lipinski definition) is 3. The topological polar surface area (TPSA) is 116 Å². The minimum atomic E-state index is -1.24. The smallest absolute Gasteiger partial charge is 0.326 e. The number of rotatable bonds is 8. The lowest BCUT2D eigenvalue weighted by Gasteiger charge is -2.19. The molecule has 0 aromatic heterocycles. The predicted octanol–water partition coefficient (Wildman–Crippen LogP) is 1.04. The van der Waals surface area contributed by atoms with Crippen molar-refractivity contribution in [3.8, 4) is 0 Å². The molecule has 0 radical (unpaired) electrons. The third-order valence-corrected chi connectivity index (χ3v) is 2.45. The van der Waals surface area contributed by atoms with Gasteiger partial charge in [-0.05, 0) is 25.7 Å². The number of nitrogens with one attached hydrogen (secondary N) is 2. The van der Waals surface area contributed by atoms with E-state index in [4.69, 9.17) is 10.2 Å². The molecule has 0 aromatic rings. The predicted molar refractivity (Wildman–Crippen MR) is 68.9 cm³/mol. The van der Waals surface area contributed by atoms with Crippen LogP contribution >= 0.6 is 0 Å². The summed E-state index contributed by atoms with van der Waals surface area (Å²) in [6.45, 7) is 5.86. The summed E-state index contributed by atoms with van der Waals surface area (Å²) in [4.78, 5) is 32.8. The van der Waals surface area contributed by atoms with Crippen LogP contribution in [0.15, 0.2) is 0 Å². The minimum absolute atomic E-state index is 0.0751. The number of carboxylic acid groups (broad SMARTS) is 2. The fourth-order valence-corrected chi connectivity index (χ4v) is 1.71. The number of urea groups is 1.